The second-order valence-electron chi connectivity index (χ2n) is 11.7. The molecule has 2 heterocycles. The Kier molecular flexibility index (Phi) is 6.86. The van der Waals surface area contributed by atoms with Crippen LogP contribution in [0.5, 0.6) is 11.5 Å². The maximum absolute atomic E-state index is 12.5. The lowest BCUT2D eigenvalue weighted by Crippen LogP contribution is -2.08. The van der Waals surface area contributed by atoms with Crippen molar-refractivity contribution in [1.82, 2.24) is 9.13 Å². The summed E-state index contributed by atoms with van der Waals surface area (Å²) in [5.74, 6) is -0.0432. The van der Waals surface area contributed by atoms with Crippen molar-refractivity contribution < 1.29 is 19.1 Å². The molecule has 0 aliphatic rings. The second-order valence-corrected chi connectivity index (χ2v) is 11.7. The minimum absolute atomic E-state index is 0.332. The van der Waals surface area contributed by atoms with Crippen LogP contribution in [0.3, 0.4) is 0 Å². The Morgan fingerprint density at radius 1 is 0.565 bits per heavy atom. The lowest BCUT2D eigenvalue weighted by molar-refractivity contribution is -0.130. The molecule has 0 amide bonds. The molecule has 226 valence electrons. The van der Waals surface area contributed by atoms with Gasteiger partial charge in [-0.15, -0.1) is 0 Å². The van der Waals surface area contributed by atoms with Gasteiger partial charge in [-0.2, -0.15) is 0 Å². The van der Waals surface area contributed by atoms with Crippen molar-refractivity contribution in [1.29, 1.82) is 0 Å². The molecular formula is C40H32N2O4. The summed E-state index contributed by atoms with van der Waals surface area (Å²) in [7, 11) is 4.18. The summed E-state index contributed by atoms with van der Waals surface area (Å²) < 4.78 is 15.9. The molecule has 6 heteroatoms. The van der Waals surface area contributed by atoms with Gasteiger partial charge in [-0.1, -0.05) is 73.8 Å². The third-order valence-electron chi connectivity index (χ3n) is 8.55. The fraction of sp³-hybridized carbons (Fsp3) is 0.100. The molecular weight excluding hydrogens is 572 g/mol. The van der Waals surface area contributed by atoms with E-state index in [-0.39, 0.29) is 0 Å². The highest BCUT2D eigenvalue weighted by Crippen LogP contribution is 2.50. The fourth-order valence-electron chi connectivity index (χ4n) is 6.50. The highest BCUT2D eigenvalue weighted by atomic mass is 16.5. The van der Waals surface area contributed by atoms with Gasteiger partial charge >= 0.3 is 11.9 Å². The first-order valence-corrected chi connectivity index (χ1v) is 15.0. The number of esters is 2. The van der Waals surface area contributed by atoms with Crippen molar-refractivity contribution >= 4 is 55.6 Å². The average Bonchev–Trinajstić information content (AvgIpc) is 3.51. The Labute approximate surface area is 266 Å². The first kappa shape index (κ1) is 28.9. The third-order valence-corrected chi connectivity index (χ3v) is 8.55. The van der Waals surface area contributed by atoms with Gasteiger partial charge in [-0.05, 0) is 61.4 Å². The number of hydrogen-bond donors (Lipinski definition) is 0. The average molecular weight is 605 g/mol. The number of ether oxygens (including phenoxy) is 2. The molecule has 0 N–H and O–H groups in total. The molecule has 7 aromatic rings. The predicted octanol–water partition coefficient (Wildman–Crippen LogP) is 9.27. The summed E-state index contributed by atoms with van der Waals surface area (Å²) >= 11 is 0. The molecule has 0 aliphatic carbocycles. The van der Waals surface area contributed by atoms with E-state index in [2.05, 4.69) is 84.9 Å². The van der Waals surface area contributed by atoms with E-state index in [9.17, 15) is 9.59 Å². The zero-order valence-electron chi connectivity index (χ0n) is 26.2. The van der Waals surface area contributed by atoms with Crippen molar-refractivity contribution in [3.05, 3.63) is 121 Å². The van der Waals surface area contributed by atoms with Gasteiger partial charge in [0.05, 0.1) is 11.0 Å². The van der Waals surface area contributed by atoms with Gasteiger partial charge in [0.15, 0.2) is 0 Å². The first-order chi connectivity index (χ1) is 22.2. The number of hydrogen-bond acceptors (Lipinski definition) is 4. The SMILES string of the molecule is C=C(C)C(=O)Oc1cccc(-c2c3c4ccccc4n(C)c3c(-c3cccc(OC(=O)C(=C)C)c3)c3c4ccccc4n(C)c23)c1. The molecule has 0 atom stereocenters. The molecule has 0 spiro atoms. The first-order valence-electron chi connectivity index (χ1n) is 15.0. The predicted molar refractivity (Wildman–Crippen MR) is 186 cm³/mol. The number of carbonyl (C=O) groups is 2. The normalized spacial score (nSPS) is 11.4. The van der Waals surface area contributed by atoms with E-state index in [1.165, 1.54) is 0 Å². The van der Waals surface area contributed by atoms with Gasteiger partial charge < -0.3 is 18.6 Å². The van der Waals surface area contributed by atoms with Crippen molar-refractivity contribution in [3.8, 4) is 33.8 Å². The lowest BCUT2D eigenvalue weighted by Gasteiger charge is -2.17. The van der Waals surface area contributed by atoms with E-state index in [1.807, 2.05) is 36.4 Å². The maximum Gasteiger partial charge on any atom is 0.338 e. The van der Waals surface area contributed by atoms with Crippen LogP contribution in [0.25, 0.3) is 65.9 Å². The van der Waals surface area contributed by atoms with Crippen LogP contribution >= 0.6 is 0 Å². The van der Waals surface area contributed by atoms with Gasteiger partial charge in [-0.25, -0.2) is 9.59 Å². The van der Waals surface area contributed by atoms with Crippen molar-refractivity contribution in [2.75, 3.05) is 0 Å². The maximum atomic E-state index is 12.5. The number of carbonyl (C=O) groups excluding carboxylic acids is 2. The van der Waals surface area contributed by atoms with Crippen LogP contribution in [0.1, 0.15) is 13.8 Å². The van der Waals surface area contributed by atoms with Gasteiger partial charge in [-0.3, -0.25) is 0 Å². The fourth-order valence-corrected chi connectivity index (χ4v) is 6.50. The van der Waals surface area contributed by atoms with E-state index >= 15 is 0 Å². The Morgan fingerprint density at radius 3 is 1.35 bits per heavy atom. The van der Waals surface area contributed by atoms with Crippen LogP contribution in [-0.2, 0) is 23.7 Å². The molecule has 0 radical (unpaired) electrons. The monoisotopic (exact) mass is 604 g/mol. The summed E-state index contributed by atoms with van der Waals surface area (Å²) in [4.78, 5) is 25.0. The van der Waals surface area contributed by atoms with Crippen LogP contribution < -0.4 is 9.47 Å². The minimum atomic E-state index is -0.468. The van der Waals surface area contributed by atoms with Gasteiger partial charge in [0.25, 0.3) is 0 Å². The molecule has 2 aromatic heterocycles. The standard InChI is InChI=1S/C40H32N2O4/c1-23(2)39(43)45-27-15-11-13-25(21-27)33-35-29-17-7-9-19-31(29)42(6)38(35)34(26-14-12-16-28(22-26)46-40(44)24(3)4)36-30-18-8-10-20-32(30)41(5)37(33)36/h7-22H,1,3H2,2,4-6H3. The number of nitrogens with zero attached hydrogens (tertiary/aromatic N) is 2. The van der Waals surface area contributed by atoms with Crippen LogP contribution in [-0.4, -0.2) is 21.1 Å². The number of aryl methyl sites for hydroxylation is 2. The Morgan fingerprint density at radius 2 is 0.957 bits per heavy atom. The highest BCUT2D eigenvalue weighted by Gasteiger charge is 2.27. The minimum Gasteiger partial charge on any atom is -0.423 e. The largest absolute Gasteiger partial charge is 0.423 e. The molecule has 0 fully saturated rings. The summed E-state index contributed by atoms with van der Waals surface area (Å²) in [5, 5.41) is 4.33. The van der Waals surface area contributed by atoms with E-state index in [0.717, 1.165) is 65.9 Å². The van der Waals surface area contributed by atoms with E-state index in [4.69, 9.17) is 9.47 Å². The third kappa shape index (κ3) is 4.49. The van der Waals surface area contributed by atoms with Gasteiger partial charge in [0.1, 0.15) is 11.5 Å². The summed E-state index contributed by atoms with van der Waals surface area (Å²) in [6, 6.07) is 32.1. The van der Waals surface area contributed by atoms with Crippen LogP contribution in [0.15, 0.2) is 121 Å². The van der Waals surface area contributed by atoms with E-state index < -0.39 is 11.9 Å². The number of rotatable bonds is 6. The summed E-state index contributed by atoms with van der Waals surface area (Å²) in [6.45, 7) is 10.8. The van der Waals surface area contributed by atoms with E-state index in [0.29, 0.717) is 22.6 Å². The van der Waals surface area contributed by atoms with Crippen LogP contribution in [0, 0.1) is 0 Å². The zero-order valence-corrected chi connectivity index (χ0v) is 26.2. The molecule has 5 aromatic carbocycles. The van der Waals surface area contributed by atoms with Crippen molar-refractivity contribution in [2.45, 2.75) is 13.8 Å². The molecule has 7 rings (SSSR count). The lowest BCUT2D eigenvalue weighted by atomic mass is 9.89. The molecule has 0 unspecified atom stereocenters. The number of benzene rings is 5. The summed E-state index contributed by atoms with van der Waals surface area (Å²) in [6.07, 6.45) is 0. The molecule has 0 saturated carbocycles. The van der Waals surface area contributed by atoms with Crippen LogP contribution in [0.2, 0.25) is 0 Å². The van der Waals surface area contributed by atoms with E-state index in [1.54, 1.807) is 26.0 Å². The Hall–Kier alpha value is -5.88. The number of aromatic nitrogens is 2. The Bertz CT molecular complexity index is 2270. The number of para-hydroxylation sites is 2. The molecule has 6 nitrogen and oxygen atoms in total. The topological polar surface area (TPSA) is 62.5 Å². The van der Waals surface area contributed by atoms with Gasteiger partial charge in [0, 0.05) is 68.9 Å². The second kappa shape index (κ2) is 10.9. The molecule has 0 saturated heterocycles. The molecule has 46 heavy (non-hydrogen) atoms. The molecule has 0 bridgehead atoms. The summed E-state index contributed by atoms with van der Waals surface area (Å²) in [5.41, 5.74) is 8.78. The molecule has 0 aliphatic heterocycles. The zero-order chi connectivity index (χ0) is 32.3. The smallest absolute Gasteiger partial charge is 0.338 e. The highest BCUT2D eigenvalue weighted by molar-refractivity contribution is 6.32. The van der Waals surface area contributed by atoms with Crippen molar-refractivity contribution in [2.24, 2.45) is 14.1 Å². The quantitative estimate of drug-likeness (QED) is 0.108. The Balaban J connectivity index is 1.67. The number of fused-ring (bicyclic) bond motifs is 6. The van der Waals surface area contributed by atoms with Crippen LogP contribution in [0.4, 0.5) is 0 Å². The van der Waals surface area contributed by atoms with Gasteiger partial charge in [0.2, 0.25) is 0 Å². The van der Waals surface area contributed by atoms with Crippen molar-refractivity contribution in [3.63, 3.8) is 0 Å².